The summed E-state index contributed by atoms with van der Waals surface area (Å²) < 4.78 is 6.50. The maximum absolute atomic E-state index is 10.7. The van der Waals surface area contributed by atoms with Crippen molar-refractivity contribution in [3.63, 3.8) is 0 Å². The van der Waals surface area contributed by atoms with Crippen molar-refractivity contribution in [2.24, 2.45) is 0 Å². The Morgan fingerprint density at radius 3 is 1.00 bits per heavy atom. The predicted molar refractivity (Wildman–Crippen MR) is 509 cm³/mol. The Hall–Kier alpha value is -16.6. The Morgan fingerprint density at radius 1 is 0.230 bits per heavy atom. The van der Waals surface area contributed by atoms with Gasteiger partial charge < -0.3 is 0 Å². The molecule has 0 atom stereocenters. The molecule has 12 nitrogen and oxygen atoms in total. The van der Waals surface area contributed by atoms with Gasteiger partial charge in [-0.3, -0.25) is 13.7 Å². The molecule has 0 saturated carbocycles. The molecule has 594 valence electrons. The molecule has 21 aromatic rings. The van der Waals surface area contributed by atoms with Gasteiger partial charge in [0.25, 0.3) is 0 Å². The van der Waals surface area contributed by atoms with E-state index in [2.05, 4.69) is 249 Å². The van der Waals surface area contributed by atoms with E-state index >= 15 is 0 Å². The van der Waals surface area contributed by atoms with Crippen molar-refractivity contribution in [2.75, 3.05) is 0 Å². The molecule has 3 aliphatic carbocycles. The monoisotopic (exact) mass is 1610 g/mol. The van der Waals surface area contributed by atoms with Crippen LogP contribution in [0.1, 0.15) is 91.6 Å². The van der Waals surface area contributed by atoms with E-state index < -0.39 is 0 Å². The van der Waals surface area contributed by atoms with Gasteiger partial charge in [0.2, 0.25) is 0 Å². The highest BCUT2D eigenvalue weighted by Crippen LogP contribution is 2.57. The van der Waals surface area contributed by atoms with Crippen LogP contribution in [0.15, 0.2) is 364 Å². The second-order valence-electron chi connectivity index (χ2n) is 34.1. The lowest BCUT2D eigenvalue weighted by Gasteiger charge is -2.22. The van der Waals surface area contributed by atoms with Crippen LogP contribution in [-0.2, 0) is 16.2 Å². The number of para-hydroxylation sites is 3. The molecule has 0 N–H and O–H groups in total. The fourth-order valence-electron chi connectivity index (χ4n) is 20.1. The third kappa shape index (κ3) is 11.8. The second-order valence-corrected chi connectivity index (χ2v) is 34.1. The van der Waals surface area contributed by atoms with Crippen molar-refractivity contribution in [1.29, 1.82) is 15.8 Å². The van der Waals surface area contributed by atoms with Crippen molar-refractivity contribution in [2.45, 2.75) is 57.8 Å². The first-order valence-corrected chi connectivity index (χ1v) is 42.5. The van der Waals surface area contributed by atoms with Gasteiger partial charge in [0.05, 0.1) is 50.2 Å². The van der Waals surface area contributed by atoms with Crippen LogP contribution in [0.25, 0.3) is 184 Å². The fourth-order valence-corrected chi connectivity index (χ4v) is 20.1. The molecule has 126 heavy (non-hydrogen) atoms. The molecule has 24 rings (SSSR count). The van der Waals surface area contributed by atoms with Gasteiger partial charge in [-0.25, -0.2) is 29.9 Å². The fraction of sp³-hybridized carbons (Fsp3) is 0.0789. The molecule has 15 aromatic carbocycles. The Bertz CT molecular complexity index is 8030. The zero-order chi connectivity index (χ0) is 85.3. The average Bonchev–Trinajstić information content (AvgIpc) is 1.54. The minimum absolute atomic E-state index is 0.114. The SMILES string of the molecule is CC1(C)c2ccccc2-c2c1ccc1c2c2ccccc2n1-c1nc(-c2ccccc2)nc(-c2ccccc2)c1C#N.CC1(C)c2ccccc2-c2cc3c(cc21)c1ccccc1n3-c1nc(-c2ccccc2)nc(-c2ccccc2)c1C#N.CC1(C)c2ccccc2-c2ccc3c(c21)c1ccccc1n3-c1nc(-c2ccccc2)nc(-c2ccccc2)c1C#N. The predicted octanol–water partition coefficient (Wildman–Crippen LogP) is 27.3. The van der Waals surface area contributed by atoms with Crippen molar-refractivity contribution in [3.8, 4) is 137 Å². The molecular weight excluding hydrogens is 1540 g/mol. The van der Waals surface area contributed by atoms with Crippen LogP contribution in [0.2, 0.25) is 0 Å². The minimum atomic E-state index is -0.186. The Labute approximate surface area is 728 Å². The zero-order valence-electron chi connectivity index (χ0n) is 70.0. The van der Waals surface area contributed by atoms with Crippen LogP contribution < -0.4 is 0 Å². The summed E-state index contributed by atoms with van der Waals surface area (Å²) in [5.74, 6) is 3.51. The molecular formula is C114H78N12. The molecule has 6 heterocycles. The first-order chi connectivity index (χ1) is 61.7. The largest absolute Gasteiger partial charge is 0.293 e. The van der Waals surface area contributed by atoms with E-state index in [9.17, 15) is 15.8 Å². The molecule has 12 heteroatoms. The summed E-state index contributed by atoms with van der Waals surface area (Å²) in [7, 11) is 0. The van der Waals surface area contributed by atoms with Gasteiger partial charge in [0.15, 0.2) is 34.9 Å². The van der Waals surface area contributed by atoms with E-state index in [4.69, 9.17) is 29.9 Å². The van der Waals surface area contributed by atoms with E-state index in [1.807, 2.05) is 188 Å². The van der Waals surface area contributed by atoms with Gasteiger partial charge in [-0.05, 0) is 109 Å². The first-order valence-electron chi connectivity index (χ1n) is 42.5. The van der Waals surface area contributed by atoms with E-state index in [0.29, 0.717) is 68.7 Å². The van der Waals surface area contributed by atoms with Crippen molar-refractivity contribution in [1.82, 2.24) is 43.6 Å². The number of nitriles is 3. The third-order valence-corrected chi connectivity index (χ3v) is 26.0. The van der Waals surface area contributed by atoms with Gasteiger partial charge in [0, 0.05) is 81.9 Å². The lowest BCUT2D eigenvalue weighted by atomic mass is 9.80. The molecule has 3 aliphatic rings. The van der Waals surface area contributed by atoms with Crippen molar-refractivity contribution >= 4 is 65.4 Å². The molecule has 0 fully saturated rings. The van der Waals surface area contributed by atoms with Crippen LogP contribution in [0, 0.1) is 34.0 Å². The summed E-state index contributed by atoms with van der Waals surface area (Å²) >= 11 is 0. The van der Waals surface area contributed by atoms with E-state index in [-0.39, 0.29) is 16.2 Å². The number of benzene rings is 15. The zero-order valence-corrected chi connectivity index (χ0v) is 70.0. The van der Waals surface area contributed by atoms with Gasteiger partial charge in [-0.15, -0.1) is 0 Å². The van der Waals surface area contributed by atoms with E-state index in [1.54, 1.807) is 0 Å². The highest BCUT2D eigenvalue weighted by Gasteiger charge is 2.42. The quantitative estimate of drug-likeness (QED) is 0.137. The average molecular weight is 1620 g/mol. The molecule has 0 radical (unpaired) electrons. The molecule has 0 unspecified atom stereocenters. The summed E-state index contributed by atoms with van der Waals surface area (Å²) in [6, 6.07) is 132. The molecule has 0 aliphatic heterocycles. The maximum Gasteiger partial charge on any atom is 0.162 e. The number of hydrogen-bond donors (Lipinski definition) is 0. The third-order valence-electron chi connectivity index (χ3n) is 26.0. The molecule has 0 amide bonds. The lowest BCUT2D eigenvalue weighted by molar-refractivity contribution is 0.661. The minimum Gasteiger partial charge on any atom is -0.293 e. The number of nitrogens with zero attached hydrogens (tertiary/aromatic N) is 12. The molecule has 0 bridgehead atoms. The number of aromatic nitrogens is 9. The summed E-state index contributed by atoms with van der Waals surface area (Å²) in [5, 5.41) is 39.0. The molecule has 6 aromatic heterocycles. The highest BCUT2D eigenvalue weighted by molar-refractivity contribution is 6.19. The Balaban J connectivity index is 0.000000112. The topological polar surface area (TPSA) is 164 Å². The normalized spacial score (nSPS) is 13.2. The van der Waals surface area contributed by atoms with Crippen LogP contribution in [-0.4, -0.2) is 43.6 Å². The summed E-state index contributed by atoms with van der Waals surface area (Å²) in [5.41, 5.74) is 29.8. The summed E-state index contributed by atoms with van der Waals surface area (Å²) in [4.78, 5) is 30.3. The Kier molecular flexibility index (Phi) is 17.8. The van der Waals surface area contributed by atoms with Crippen LogP contribution in [0.4, 0.5) is 0 Å². The number of hydrogen-bond acceptors (Lipinski definition) is 9. The van der Waals surface area contributed by atoms with E-state index in [0.717, 1.165) is 88.0 Å². The number of rotatable bonds is 9. The summed E-state index contributed by atoms with van der Waals surface area (Å²) in [6.07, 6.45) is 0. The standard InChI is InChI=1S/3C38H26N4/c1-38(2)31-19-11-9-17-26(31)28-22-34-29(21-32(28)38)27-18-10-12-20-33(27)42(34)37-30(23-39)35(24-13-5-3-6-14-24)40-36(41-37)25-15-7-4-8-16-25;1-38(2)30-19-11-9-17-26(30)27-21-22-32-33(34(27)38)28-18-10-12-20-31(28)42(32)37-29(23-39)35(24-13-5-3-6-14-24)40-36(41-37)25-15-7-4-8-16-25;1-38(2)29-19-11-9-17-26(29)33-30(38)21-22-32-34(33)27-18-10-12-20-31(27)42(32)37-28(23-39)35(24-13-5-3-6-14-24)40-36(41-37)25-15-7-4-8-16-25/h3*3-22H,1-2H3. The molecule has 0 saturated heterocycles. The Morgan fingerprint density at radius 2 is 0.556 bits per heavy atom. The van der Waals surface area contributed by atoms with Crippen LogP contribution in [0.3, 0.4) is 0 Å². The number of fused-ring (bicyclic) bond motifs is 20. The van der Waals surface area contributed by atoms with E-state index in [1.165, 1.54) is 77.5 Å². The highest BCUT2D eigenvalue weighted by atomic mass is 15.1. The van der Waals surface area contributed by atoms with Crippen LogP contribution in [0.5, 0.6) is 0 Å². The van der Waals surface area contributed by atoms with Crippen LogP contribution >= 0.6 is 0 Å². The first kappa shape index (κ1) is 75.6. The summed E-state index contributed by atoms with van der Waals surface area (Å²) in [6.45, 7) is 13.8. The maximum atomic E-state index is 10.7. The second kappa shape index (κ2) is 29.6. The molecule has 0 spiro atoms. The lowest BCUT2D eigenvalue weighted by Crippen LogP contribution is -2.15. The van der Waals surface area contributed by atoms with Gasteiger partial charge in [-0.2, -0.15) is 15.8 Å². The van der Waals surface area contributed by atoms with Gasteiger partial charge in [-0.1, -0.05) is 363 Å². The van der Waals surface area contributed by atoms with Crippen molar-refractivity contribution < 1.29 is 0 Å². The van der Waals surface area contributed by atoms with Gasteiger partial charge >= 0.3 is 0 Å². The smallest absolute Gasteiger partial charge is 0.162 e. The van der Waals surface area contributed by atoms with Gasteiger partial charge in [0.1, 0.15) is 34.9 Å². The van der Waals surface area contributed by atoms with Crippen molar-refractivity contribution in [3.05, 3.63) is 414 Å².